The Balaban J connectivity index is 2.71. The van der Waals surface area contributed by atoms with Crippen molar-refractivity contribution in [3.05, 3.63) is 22.2 Å². The molecule has 0 aromatic carbocycles. The Kier molecular flexibility index (Phi) is 6.01. The van der Waals surface area contributed by atoms with Gasteiger partial charge in [-0.3, -0.25) is 10.1 Å². The standard InChI is InChI=1S/C12H20N4O3/c1-4-13-11-7-6-10(16(17)18)12(14-11)19-9-5-8-15(2)3/h6-7H,4-5,8-9H2,1-3H3,(H,13,14). The molecule has 1 heterocycles. The van der Waals surface area contributed by atoms with Crippen LogP contribution in [-0.4, -0.2) is 48.6 Å². The third-order valence-electron chi connectivity index (χ3n) is 2.38. The number of pyridine rings is 1. The van der Waals surface area contributed by atoms with Crippen LogP contribution in [0.2, 0.25) is 0 Å². The molecule has 7 heteroatoms. The zero-order chi connectivity index (χ0) is 14.3. The van der Waals surface area contributed by atoms with E-state index < -0.39 is 4.92 Å². The number of ether oxygens (including phenoxy) is 1. The molecular formula is C12H20N4O3. The van der Waals surface area contributed by atoms with Crippen LogP contribution < -0.4 is 10.1 Å². The molecule has 0 amide bonds. The van der Waals surface area contributed by atoms with Crippen molar-refractivity contribution < 1.29 is 9.66 Å². The van der Waals surface area contributed by atoms with Crippen LogP contribution in [0.3, 0.4) is 0 Å². The summed E-state index contributed by atoms with van der Waals surface area (Å²) in [5, 5.41) is 13.9. The van der Waals surface area contributed by atoms with E-state index in [1.54, 1.807) is 6.07 Å². The molecule has 0 aliphatic rings. The Morgan fingerprint density at radius 3 is 2.79 bits per heavy atom. The third-order valence-corrected chi connectivity index (χ3v) is 2.38. The van der Waals surface area contributed by atoms with Gasteiger partial charge in [0.25, 0.3) is 5.88 Å². The first kappa shape index (κ1) is 15.2. The van der Waals surface area contributed by atoms with E-state index in [0.29, 0.717) is 19.0 Å². The Morgan fingerprint density at radius 1 is 1.47 bits per heavy atom. The van der Waals surface area contributed by atoms with Crippen molar-refractivity contribution in [3.63, 3.8) is 0 Å². The van der Waals surface area contributed by atoms with Crippen molar-refractivity contribution in [3.8, 4) is 5.88 Å². The average molecular weight is 268 g/mol. The molecule has 0 saturated heterocycles. The molecule has 1 rings (SSSR count). The first-order valence-corrected chi connectivity index (χ1v) is 6.21. The minimum Gasteiger partial charge on any atom is -0.473 e. The first-order valence-electron chi connectivity index (χ1n) is 6.21. The summed E-state index contributed by atoms with van der Waals surface area (Å²) in [7, 11) is 3.93. The largest absolute Gasteiger partial charge is 0.473 e. The van der Waals surface area contributed by atoms with Gasteiger partial charge in [0.15, 0.2) is 0 Å². The van der Waals surface area contributed by atoms with Crippen LogP contribution in [0, 0.1) is 10.1 Å². The molecule has 0 radical (unpaired) electrons. The first-order chi connectivity index (χ1) is 9.04. The van der Waals surface area contributed by atoms with Gasteiger partial charge in [-0.25, -0.2) is 0 Å². The molecule has 0 bridgehead atoms. The van der Waals surface area contributed by atoms with Crippen LogP contribution in [0.4, 0.5) is 11.5 Å². The fourth-order valence-electron chi connectivity index (χ4n) is 1.51. The normalized spacial score (nSPS) is 10.5. The summed E-state index contributed by atoms with van der Waals surface area (Å²) >= 11 is 0. The molecule has 0 aliphatic heterocycles. The molecule has 1 N–H and O–H groups in total. The Bertz CT molecular complexity index is 423. The molecule has 0 aliphatic carbocycles. The predicted molar refractivity (Wildman–Crippen MR) is 73.7 cm³/mol. The van der Waals surface area contributed by atoms with Crippen molar-refractivity contribution in [2.45, 2.75) is 13.3 Å². The molecular weight excluding hydrogens is 248 g/mol. The van der Waals surface area contributed by atoms with Crippen LogP contribution in [-0.2, 0) is 0 Å². The van der Waals surface area contributed by atoms with Gasteiger partial charge < -0.3 is 15.0 Å². The average Bonchev–Trinajstić information content (AvgIpc) is 2.34. The van der Waals surface area contributed by atoms with Crippen molar-refractivity contribution in [1.29, 1.82) is 0 Å². The van der Waals surface area contributed by atoms with Gasteiger partial charge in [0.1, 0.15) is 5.82 Å². The lowest BCUT2D eigenvalue weighted by atomic mass is 10.4. The smallest absolute Gasteiger partial charge is 0.331 e. The maximum Gasteiger partial charge on any atom is 0.331 e. The van der Waals surface area contributed by atoms with E-state index in [2.05, 4.69) is 10.3 Å². The molecule has 0 spiro atoms. The fraction of sp³-hybridized carbons (Fsp3) is 0.583. The molecule has 106 valence electrons. The van der Waals surface area contributed by atoms with Gasteiger partial charge >= 0.3 is 5.69 Å². The summed E-state index contributed by atoms with van der Waals surface area (Å²) in [4.78, 5) is 16.5. The predicted octanol–water partition coefficient (Wildman–Crippen LogP) is 1.75. The number of rotatable bonds is 8. The van der Waals surface area contributed by atoms with Gasteiger partial charge in [-0.05, 0) is 33.5 Å². The van der Waals surface area contributed by atoms with E-state index in [0.717, 1.165) is 13.0 Å². The third kappa shape index (κ3) is 5.09. The molecule has 0 fully saturated rings. The number of nitrogens with zero attached hydrogens (tertiary/aromatic N) is 3. The van der Waals surface area contributed by atoms with Crippen LogP contribution in [0.15, 0.2) is 12.1 Å². The van der Waals surface area contributed by atoms with E-state index in [1.165, 1.54) is 6.07 Å². The summed E-state index contributed by atoms with van der Waals surface area (Å²) < 4.78 is 5.42. The van der Waals surface area contributed by atoms with Crippen LogP contribution >= 0.6 is 0 Å². The SMILES string of the molecule is CCNc1ccc([N+](=O)[O-])c(OCCCN(C)C)n1. The zero-order valence-corrected chi connectivity index (χ0v) is 11.5. The number of hydrogen-bond donors (Lipinski definition) is 1. The van der Waals surface area contributed by atoms with E-state index in [1.807, 2.05) is 25.9 Å². The lowest BCUT2D eigenvalue weighted by Crippen LogP contribution is -2.16. The van der Waals surface area contributed by atoms with Crippen molar-refractivity contribution >= 4 is 11.5 Å². The van der Waals surface area contributed by atoms with E-state index in [4.69, 9.17) is 4.74 Å². The van der Waals surface area contributed by atoms with E-state index >= 15 is 0 Å². The molecule has 7 nitrogen and oxygen atoms in total. The molecule has 19 heavy (non-hydrogen) atoms. The summed E-state index contributed by atoms with van der Waals surface area (Å²) in [5.41, 5.74) is -0.105. The van der Waals surface area contributed by atoms with Gasteiger partial charge in [0.2, 0.25) is 0 Å². The maximum atomic E-state index is 10.9. The highest BCUT2D eigenvalue weighted by Gasteiger charge is 2.17. The highest BCUT2D eigenvalue weighted by molar-refractivity contribution is 5.49. The lowest BCUT2D eigenvalue weighted by Gasteiger charge is -2.10. The number of anilines is 1. The van der Waals surface area contributed by atoms with Gasteiger partial charge in [0.05, 0.1) is 11.5 Å². The minimum atomic E-state index is -0.482. The molecule has 1 aromatic rings. The molecule has 0 atom stereocenters. The number of hydrogen-bond acceptors (Lipinski definition) is 6. The van der Waals surface area contributed by atoms with Crippen molar-refractivity contribution in [2.75, 3.05) is 39.1 Å². The van der Waals surface area contributed by atoms with Crippen molar-refractivity contribution in [1.82, 2.24) is 9.88 Å². The van der Waals surface area contributed by atoms with Gasteiger partial charge in [-0.2, -0.15) is 4.98 Å². The summed E-state index contributed by atoms with van der Waals surface area (Å²) in [6.07, 6.45) is 0.789. The topological polar surface area (TPSA) is 80.5 Å². The van der Waals surface area contributed by atoms with Gasteiger partial charge in [0, 0.05) is 19.2 Å². The van der Waals surface area contributed by atoms with Crippen LogP contribution in [0.5, 0.6) is 5.88 Å². The summed E-state index contributed by atoms with van der Waals surface area (Å²) in [6, 6.07) is 2.99. The zero-order valence-electron chi connectivity index (χ0n) is 11.5. The fourth-order valence-corrected chi connectivity index (χ4v) is 1.51. The highest BCUT2D eigenvalue weighted by Crippen LogP contribution is 2.26. The van der Waals surface area contributed by atoms with E-state index in [9.17, 15) is 10.1 Å². The number of aromatic nitrogens is 1. The molecule has 1 aromatic heterocycles. The summed E-state index contributed by atoms with van der Waals surface area (Å²) in [6.45, 7) is 3.90. The van der Waals surface area contributed by atoms with Crippen molar-refractivity contribution in [2.24, 2.45) is 0 Å². The van der Waals surface area contributed by atoms with E-state index in [-0.39, 0.29) is 11.6 Å². The maximum absolute atomic E-state index is 10.9. The second-order valence-corrected chi connectivity index (χ2v) is 4.31. The lowest BCUT2D eigenvalue weighted by molar-refractivity contribution is -0.386. The van der Waals surface area contributed by atoms with Crippen LogP contribution in [0.25, 0.3) is 0 Å². The minimum absolute atomic E-state index is 0.0715. The van der Waals surface area contributed by atoms with Crippen LogP contribution in [0.1, 0.15) is 13.3 Å². The number of nitro groups is 1. The summed E-state index contributed by atoms with van der Waals surface area (Å²) in [5.74, 6) is 0.651. The second kappa shape index (κ2) is 7.52. The van der Waals surface area contributed by atoms with Gasteiger partial charge in [-0.15, -0.1) is 0 Å². The quantitative estimate of drug-likeness (QED) is 0.439. The Hall–Kier alpha value is -1.89. The monoisotopic (exact) mass is 268 g/mol. The Labute approximate surface area is 112 Å². The number of nitrogens with one attached hydrogen (secondary N) is 1. The van der Waals surface area contributed by atoms with Gasteiger partial charge in [-0.1, -0.05) is 0 Å². The molecule has 0 unspecified atom stereocenters. The Morgan fingerprint density at radius 2 is 2.21 bits per heavy atom. The second-order valence-electron chi connectivity index (χ2n) is 4.31. The highest BCUT2D eigenvalue weighted by atomic mass is 16.6. The molecule has 0 saturated carbocycles.